The van der Waals surface area contributed by atoms with Gasteiger partial charge in [0, 0.05) is 23.0 Å². The second-order valence-corrected chi connectivity index (χ2v) is 6.68. The Morgan fingerprint density at radius 2 is 2.08 bits per heavy atom. The number of hydrogen-bond donors (Lipinski definition) is 2. The van der Waals surface area contributed by atoms with Crippen molar-refractivity contribution in [1.29, 1.82) is 0 Å². The van der Waals surface area contributed by atoms with Crippen molar-refractivity contribution >= 4 is 23.9 Å². The maximum atomic E-state index is 12.7. The van der Waals surface area contributed by atoms with Crippen LogP contribution >= 0.6 is 12.0 Å². The summed E-state index contributed by atoms with van der Waals surface area (Å²) in [5.74, 6) is -1.95. The van der Waals surface area contributed by atoms with Gasteiger partial charge in [-0.2, -0.15) is 28.1 Å². The van der Waals surface area contributed by atoms with Gasteiger partial charge in [0.15, 0.2) is 0 Å². The Hall–Kier alpha value is -2.07. The molecule has 0 saturated heterocycles. The van der Waals surface area contributed by atoms with Crippen LogP contribution in [0.3, 0.4) is 0 Å². The van der Waals surface area contributed by atoms with Gasteiger partial charge in [-0.05, 0) is 37.8 Å². The van der Waals surface area contributed by atoms with Gasteiger partial charge in [0.2, 0.25) is 17.7 Å². The zero-order valence-corrected chi connectivity index (χ0v) is 15.2. The molecule has 142 valence electrons. The molecule has 26 heavy (non-hydrogen) atoms. The average molecular weight is 387 g/mol. The molecule has 2 rings (SSSR count). The molecular formula is C16H20F3N5OS. The van der Waals surface area contributed by atoms with E-state index in [2.05, 4.69) is 26.3 Å². The van der Waals surface area contributed by atoms with Crippen molar-refractivity contribution in [3.63, 3.8) is 0 Å². The Morgan fingerprint density at radius 1 is 1.31 bits per heavy atom. The number of anilines is 2. The fourth-order valence-corrected chi connectivity index (χ4v) is 2.75. The lowest BCUT2D eigenvalue weighted by Gasteiger charge is -2.15. The minimum Gasteiger partial charge on any atom is -0.368 e. The number of alkyl halides is 3. The molecule has 1 aromatic rings. The van der Waals surface area contributed by atoms with Gasteiger partial charge < -0.3 is 15.2 Å². The van der Waals surface area contributed by atoms with E-state index >= 15 is 0 Å². The molecule has 1 atom stereocenters. The second-order valence-electron chi connectivity index (χ2n) is 5.65. The van der Waals surface area contributed by atoms with Crippen LogP contribution in [0.15, 0.2) is 34.8 Å². The number of aromatic nitrogens is 3. The molecule has 0 aliphatic heterocycles. The lowest BCUT2D eigenvalue weighted by molar-refractivity contribution is -0.144. The number of allylic oxidation sites excluding steroid dienone is 6. The molecule has 0 saturated carbocycles. The van der Waals surface area contributed by atoms with Gasteiger partial charge in [-0.3, -0.25) is 0 Å². The molecular weight excluding hydrogens is 367 g/mol. The van der Waals surface area contributed by atoms with Crippen molar-refractivity contribution < 1.29 is 17.4 Å². The monoisotopic (exact) mass is 387 g/mol. The van der Waals surface area contributed by atoms with Crippen molar-refractivity contribution in [2.75, 3.05) is 18.2 Å². The maximum Gasteiger partial charge on any atom is 0.451 e. The molecule has 6 nitrogen and oxygen atoms in total. The Balaban J connectivity index is 1.95. The summed E-state index contributed by atoms with van der Waals surface area (Å²) in [4.78, 5) is 11.3. The summed E-state index contributed by atoms with van der Waals surface area (Å²) in [6.45, 7) is 1.84. The molecule has 1 heterocycles. The van der Waals surface area contributed by atoms with Gasteiger partial charge in [0.05, 0.1) is 7.11 Å². The van der Waals surface area contributed by atoms with Crippen LogP contribution in [-0.4, -0.2) is 28.1 Å². The number of hydrogen-bond acceptors (Lipinski definition) is 7. The smallest absolute Gasteiger partial charge is 0.368 e. The third-order valence-corrected chi connectivity index (χ3v) is 4.16. The SMILES string of the molecule is COSC1=CC=C(CCC(C)Nc2nc(N)nc(C(F)(F)F)n2)C=CC1. The molecule has 10 heteroatoms. The third kappa shape index (κ3) is 6.34. The molecule has 0 aromatic carbocycles. The van der Waals surface area contributed by atoms with Crippen molar-refractivity contribution in [3.8, 4) is 0 Å². The summed E-state index contributed by atoms with van der Waals surface area (Å²) < 4.78 is 43.2. The quantitative estimate of drug-likeness (QED) is 0.681. The summed E-state index contributed by atoms with van der Waals surface area (Å²) in [5, 5.41) is 2.85. The van der Waals surface area contributed by atoms with Gasteiger partial charge in [0.25, 0.3) is 0 Å². The first-order chi connectivity index (χ1) is 12.3. The summed E-state index contributed by atoms with van der Waals surface area (Å²) in [6, 6.07) is -0.146. The molecule has 0 radical (unpaired) electrons. The van der Waals surface area contributed by atoms with Gasteiger partial charge in [-0.25, -0.2) is 0 Å². The number of nitrogen functional groups attached to an aromatic ring is 1. The van der Waals surface area contributed by atoms with Gasteiger partial charge in [-0.15, -0.1) is 0 Å². The minimum atomic E-state index is -4.67. The van der Waals surface area contributed by atoms with Crippen molar-refractivity contribution in [3.05, 3.63) is 40.6 Å². The number of nitrogens with zero attached hydrogens (tertiary/aromatic N) is 3. The van der Waals surface area contributed by atoms with E-state index in [0.29, 0.717) is 6.42 Å². The molecule has 0 bridgehead atoms. The predicted octanol–water partition coefficient (Wildman–Crippen LogP) is 4.12. The highest BCUT2D eigenvalue weighted by Gasteiger charge is 2.35. The molecule has 0 spiro atoms. The first-order valence-corrected chi connectivity index (χ1v) is 8.64. The number of halogens is 3. The molecule has 3 N–H and O–H groups in total. The van der Waals surface area contributed by atoms with Crippen LogP contribution < -0.4 is 11.1 Å². The van der Waals surface area contributed by atoms with Gasteiger partial charge in [0.1, 0.15) is 0 Å². The zero-order valence-electron chi connectivity index (χ0n) is 14.4. The molecule has 1 aromatic heterocycles. The Labute approximate surface area is 154 Å². The van der Waals surface area contributed by atoms with E-state index in [1.165, 1.54) is 12.0 Å². The third-order valence-electron chi connectivity index (χ3n) is 3.47. The van der Waals surface area contributed by atoms with Crippen LogP contribution in [0, 0.1) is 0 Å². The zero-order chi connectivity index (χ0) is 19.2. The van der Waals surface area contributed by atoms with E-state index in [1.807, 2.05) is 25.2 Å². The van der Waals surface area contributed by atoms with Crippen molar-refractivity contribution in [2.45, 2.75) is 38.4 Å². The fourth-order valence-electron chi connectivity index (χ4n) is 2.24. The number of nitrogens with one attached hydrogen (secondary N) is 1. The Bertz CT molecular complexity index is 718. The number of nitrogens with two attached hydrogens (primary N) is 1. The molecule has 0 amide bonds. The molecule has 1 aliphatic carbocycles. The Kier molecular flexibility index (Phi) is 7.04. The molecule has 0 fully saturated rings. The van der Waals surface area contributed by atoms with E-state index in [9.17, 15) is 13.2 Å². The standard InChI is InChI=1S/C16H20F3N5OS/c1-10(6-7-11-4-3-5-12(9-8-11)26-25-2)21-15-23-13(16(17,18)19)22-14(20)24-15/h3-4,8-10H,5-7H2,1-2H3,(H3,20,21,22,23,24). The summed E-state index contributed by atoms with van der Waals surface area (Å²) in [7, 11) is 1.62. The Morgan fingerprint density at radius 3 is 2.77 bits per heavy atom. The highest BCUT2D eigenvalue weighted by Crippen LogP contribution is 2.27. The number of rotatable bonds is 7. The van der Waals surface area contributed by atoms with Crippen LogP contribution in [0.5, 0.6) is 0 Å². The van der Waals surface area contributed by atoms with E-state index in [1.54, 1.807) is 7.11 Å². The van der Waals surface area contributed by atoms with Crippen molar-refractivity contribution in [1.82, 2.24) is 15.0 Å². The predicted molar refractivity (Wildman–Crippen MR) is 96.1 cm³/mol. The van der Waals surface area contributed by atoms with E-state index < -0.39 is 17.9 Å². The largest absolute Gasteiger partial charge is 0.451 e. The summed E-state index contributed by atoms with van der Waals surface area (Å²) >= 11 is 1.33. The lowest BCUT2D eigenvalue weighted by Crippen LogP contribution is -2.21. The van der Waals surface area contributed by atoms with Crippen LogP contribution in [-0.2, 0) is 10.4 Å². The van der Waals surface area contributed by atoms with Crippen LogP contribution in [0.2, 0.25) is 0 Å². The highest BCUT2D eigenvalue weighted by molar-refractivity contribution is 7.98. The summed E-state index contributed by atoms with van der Waals surface area (Å²) in [5.41, 5.74) is 6.46. The van der Waals surface area contributed by atoms with Gasteiger partial charge >= 0.3 is 6.18 Å². The average Bonchev–Trinajstić information content (AvgIpc) is 2.77. The van der Waals surface area contributed by atoms with E-state index in [-0.39, 0.29) is 12.0 Å². The van der Waals surface area contributed by atoms with E-state index in [0.717, 1.165) is 23.3 Å². The van der Waals surface area contributed by atoms with Gasteiger partial charge in [-0.1, -0.05) is 18.2 Å². The minimum absolute atomic E-state index is 0.146. The normalized spacial score (nSPS) is 15.9. The van der Waals surface area contributed by atoms with Crippen LogP contribution in [0.25, 0.3) is 0 Å². The first-order valence-electron chi connectivity index (χ1n) is 7.90. The van der Waals surface area contributed by atoms with Crippen LogP contribution in [0.4, 0.5) is 25.1 Å². The highest BCUT2D eigenvalue weighted by atomic mass is 32.2. The van der Waals surface area contributed by atoms with Crippen molar-refractivity contribution in [2.24, 2.45) is 0 Å². The maximum absolute atomic E-state index is 12.7. The topological polar surface area (TPSA) is 86.0 Å². The lowest BCUT2D eigenvalue weighted by atomic mass is 10.1. The summed E-state index contributed by atoms with van der Waals surface area (Å²) in [6.07, 6.45) is 5.67. The van der Waals surface area contributed by atoms with Crippen LogP contribution in [0.1, 0.15) is 32.0 Å². The first kappa shape index (κ1) is 20.2. The van der Waals surface area contributed by atoms with E-state index in [4.69, 9.17) is 9.92 Å². The molecule has 1 aliphatic rings. The molecule has 1 unspecified atom stereocenters. The second kappa shape index (κ2) is 9.04. The fraction of sp³-hybridized carbons (Fsp3) is 0.438.